The van der Waals surface area contributed by atoms with Crippen molar-refractivity contribution in [3.05, 3.63) is 53.7 Å². The van der Waals surface area contributed by atoms with Crippen LogP contribution in [0.1, 0.15) is 16.1 Å². The van der Waals surface area contributed by atoms with Crippen molar-refractivity contribution in [2.24, 2.45) is 5.73 Å². The summed E-state index contributed by atoms with van der Waals surface area (Å²) in [5.41, 5.74) is 6.10. The third-order valence-electron chi connectivity index (χ3n) is 2.50. The summed E-state index contributed by atoms with van der Waals surface area (Å²) >= 11 is 0. The van der Waals surface area contributed by atoms with Crippen molar-refractivity contribution < 1.29 is 9.18 Å². The van der Waals surface area contributed by atoms with Gasteiger partial charge in [-0.25, -0.2) is 9.37 Å². The molecule has 2 aromatic rings. The summed E-state index contributed by atoms with van der Waals surface area (Å²) in [5, 5.41) is 3.00. The normalized spacial score (nSPS) is 10.2. The number of nitrogens with one attached hydrogen (secondary N) is 1. The maximum Gasteiger partial charge on any atom is 0.268 e. The van der Waals surface area contributed by atoms with Gasteiger partial charge in [0.2, 0.25) is 0 Å². The van der Waals surface area contributed by atoms with Gasteiger partial charge in [0.25, 0.3) is 5.91 Å². The van der Waals surface area contributed by atoms with E-state index >= 15 is 0 Å². The zero-order chi connectivity index (χ0) is 13.7. The fourth-order valence-electron chi connectivity index (χ4n) is 1.60. The highest BCUT2D eigenvalue weighted by molar-refractivity contribution is 5.90. The monoisotopic (exact) mass is 260 g/mol. The Kier molecular flexibility index (Phi) is 4.02. The van der Waals surface area contributed by atoms with Gasteiger partial charge in [-0.2, -0.15) is 0 Å². The summed E-state index contributed by atoms with van der Waals surface area (Å²) in [7, 11) is 0. The van der Waals surface area contributed by atoms with Crippen LogP contribution in [0.3, 0.4) is 0 Å². The molecular weight excluding hydrogens is 247 g/mol. The van der Waals surface area contributed by atoms with E-state index in [1.165, 1.54) is 24.5 Å². The Hall–Kier alpha value is -2.50. The van der Waals surface area contributed by atoms with Crippen LogP contribution in [0.2, 0.25) is 0 Å². The molecular formula is C13H13FN4O. The number of nitrogens with zero attached hydrogens (tertiary/aromatic N) is 2. The van der Waals surface area contributed by atoms with Gasteiger partial charge in [0.15, 0.2) is 0 Å². The number of anilines is 1. The molecule has 0 aliphatic carbocycles. The number of hydrogen-bond acceptors (Lipinski definition) is 4. The Morgan fingerprint density at radius 2 is 2.21 bits per heavy atom. The minimum atomic E-state index is -0.624. The van der Waals surface area contributed by atoms with Crippen LogP contribution in [0.25, 0.3) is 0 Å². The van der Waals surface area contributed by atoms with Crippen molar-refractivity contribution in [1.82, 2.24) is 9.97 Å². The fraction of sp³-hybridized carbons (Fsp3) is 0.154. The summed E-state index contributed by atoms with van der Waals surface area (Å²) in [4.78, 5) is 18.8. The molecule has 3 N–H and O–H groups in total. The Bertz CT molecular complexity index is 588. The fourth-order valence-corrected chi connectivity index (χ4v) is 1.60. The SMILES string of the molecule is NC(=O)c1cncc(NCCc2cccc(F)c2)n1. The molecule has 2 rings (SSSR count). The number of rotatable bonds is 5. The van der Waals surface area contributed by atoms with Crippen LogP contribution < -0.4 is 11.1 Å². The molecule has 0 radical (unpaired) electrons. The lowest BCUT2D eigenvalue weighted by molar-refractivity contribution is 0.0995. The molecule has 6 heteroatoms. The first kappa shape index (κ1) is 12.9. The smallest absolute Gasteiger partial charge is 0.268 e. The molecule has 0 atom stereocenters. The first-order chi connectivity index (χ1) is 9.15. The molecule has 0 aliphatic rings. The molecule has 0 spiro atoms. The lowest BCUT2D eigenvalue weighted by atomic mass is 10.1. The van der Waals surface area contributed by atoms with E-state index in [0.29, 0.717) is 18.8 Å². The molecule has 98 valence electrons. The van der Waals surface area contributed by atoms with Crippen molar-refractivity contribution in [2.75, 3.05) is 11.9 Å². The van der Waals surface area contributed by atoms with Crippen LogP contribution in [0, 0.1) is 5.82 Å². The highest BCUT2D eigenvalue weighted by Gasteiger charge is 2.03. The Balaban J connectivity index is 1.92. The first-order valence-corrected chi connectivity index (χ1v) is 5.75. The van der Waals surface area contributed by atoms with Gasteiger partial charge in [0, 0.05) is 6.54 Å². The van der Waals surface area contributed by atoms with Gasteiger partial charge in [0.05, 0.1) is 12.4 Å². The number of carbonyl (C=O) groups is 1. The number of carbonyl (C=O) groups excluding carboxylic acids is 1. The predicted molar refractivity (Wildman–Crippen MR) is 69.1 cm³/mol. The molecule has 0 aliphatic heterocycles. The third kappa shape index (κ3) is 3.74. The van der Waals surface area contributed by atoms with Crippen LogP contribution in [0.15, 0.2) is 36.7 Å². The quantitative estimate of drug-likeness (QED) is 0.850. The van der Waals surface area contributed by atoms with Gasteiger partial charge in [-0.1, -0.05) is 12.1 Å². The van der Waals surface area contributed by atoms with Crippen molar-refractivity contribution >= 4 is 11.7 Å². The van der Waals surface area contributed by atoms with E-state index in [4.69, 9.17) is 5.73 Å². The second-order valence-electron chi connectivity index (χ2n) is 3.96. The predicted octanol–water partition coefficient (Wildman–Crippen LogP) is 1.37. The second-order valence-corrected chi connectivity index (χ2v) is 3.96. The van der Waals surface area contributed by atoms with Gasteiger partial charge in [-0.05, 0) is 24.1 Å². The molecule has 1 aromatic carbocycles. The largest absolute Gasteiger partial charge is 0.368 e. The van der Waals surface area contributed by atoms with Crippen LogP contribution in [-0.4, -0.2) is 22.4 Å². The van der Waals surface area contributed by atoms with Crippen molar-refractivity contribution in [1.29, 1.82) is 0 Å². The van der Waals surface area contributed by atoms with E-state index in [2.05, 4.69) is 15.3 Å². The molecule has 0 unspecified atom stereocenters. The van der Waals surface area contributed by atoms with Crippen LogP contribution >= 0.6 is 0 Å². The third-order valence-corrected chi connectivity index (χ3v) is 2.50. The maximum atomic E-state index is 13.0. The zero-order valence-corrected chi connectivity index (χ0v) is 10.1. The Morgan fingerprint density at radius 3 is 2.95 bits per heavy atom. The molecule has 1 amide bonds. The van der Waals surface area contributed by atoms with Gasteiger partial charge in [-0.15, -0.1) is 0 Å². The average molecular weight is 260 g/mol. The first-order valence-electron chi connectivity index (χ1n) is 5.75. The topological polar surface area (TPSA) is 80.9 Å². The standard InChI is InChI=1S/C13H13FN4O/c14-10-3-1-2-9(6-10)4-5-17-12-8-16-7-11(18-12)13(15)19/h1-3,6-8H,4-5H2,(H2,15,19)(H,17,18). The molecule has 1 aromatic heterocycles. The van der Waals surface area contributed by atoms with Crippen molar-refractivity contribution in [3.8, 4) is 0 Å². The summed E-state index contributed by atoms with van der Waals surface area (Å²) in [5.74, 6) is -0.415. The van der Waals surface area contributed by atoms with Crippen molar-refractivity contribution in [2.45, 2.75) is 6.42 Å². The minimum absolute atomic E-state index is 0.107. The molecule has 19 heavy (non-hydrogen) atoms. The number of halogens is 1. The van der Waals surface area contributed by atoms with E-state index in [0.717, 1.165) is 5.56 Å². The van der Waals surface area contributed by atoms with Gasteiger partial charge in [0.1, 0.15) is 17.3 Å². The Morgan fingerprint density at radius 1 is 1.37 bits per heavy atom. The van der Waals surface area contributed by atoms with Crippen LogP contribution in [0.4, 0.5) is 10.2 Å². The lowest BCUT2D eigenvalue weighted by Gasteiger charge is -2.06. The molecule has 1 heterocycles. The van der Waals surface area contributed by atoms with Gasteiger partial charge < -0.3 is 11.1 Å². The number of primary amides is 1. The molecule has 0 bridgehead atoms. The molecule has 0 saturated carbocycles. The van der Waals surface area contributed by atoms with E-state index in [1.807, 2.05) is 6.07 Å². The summed E-state index contributed by atoms with van der Waals surface area (Å²) in [6.45, 7) is 0.556. The highest BCUT2D eigenvalue weighted by atomic mass is 19.1. The molecule has 5 nitrogen and oxygen atoms in total. The second kappa shape index (κ2) is 5.90. The summed E-state index contributed by atoms with van der Waals surface area (Å²) < 4.78 is 13.0. The Labute approximate surface area is 109 Å². The van der Waals surface area contributed by atoms with Crippen LogP contribution in [-0.2, 0) is 6.42 Å². The zero-order valence-electron chi connectivity index (χ0n) is 10.1. The number of nitrogens with two attached hydrogens (primary N) is 1. The lowest BCUT2D eigenvalue weighted by Crippen LogP contribution is -2.15. The number of aromatic nitrogens is 2. The highest BCUT2D eigenvalue weighted by Crippen LogP contribution is 2.06. The molecule has 0 fully saturated rings. The summed E-state index contributed by atoms with van der Waals surface area (Å²) in [6.07, 6.45) is 3.44. The van der Waals surface area contributed by atoms with Gasteiger partial charge >= 0.3 is 0 Å². The van der Waals surface area contributed by atoms with Crippen molar-refractivity contribution in [3.63, 3.8) is 0 Å². The van der Waals surface area contributed by atoms with Crippen LogP contribution in [0.5, 0.6) is 0 Å². The van der Waals surface area contributed by atoms with E-state index in [-0.39, 0.29) is 11.5 Å². The number of hydrogen-bond donors (Lipinski definition) is 2. The van der Waals surface area contributed by atoms with Gasteiger partial charge in [-0.3, -0.25) is 9.78 Å². The summed E-state index contributed by atoms with van der Waals surface area (Å²) in [6, 6.07) is 6.39. The minimum Gasteiger partial charge on any atom is -0.368 e. The molecule has 0 saturated heterocycles. The number of amides is 1. The van der Waals surface area contributed by atoms with E-state index < -0.39 is 5.91 Å². The maximum absolute atomic E-state index is 13.0. The van der Waals surface area contributed by atoms with E-state index in [9.17, 15) is 9.18 Å². The number of benzene rings is 1. The van der Waals surface area contributed by atoms with E-state index in [1.54, 1.807) is 6.07 Å². The average Bonchev–Trinajstić information content (AvgIpc) is 2.39.